The Bertz CT molecular complexity index is 343. The Labute approximate surface area is 111 Å². The SMILES string of the molecule is CC(O)(CI)CCOP(=O)(O)C(F)P(=O)(O)O. The van der Waals surface area contributed by atoms with Gasteiger partial charge in [-0.05, 0) is 6.92 Å². The Kier molecular flexibility index (Phi) is 6.73. The van der Waals surface area contributed by atoms with Gasteiger partial charge in [-0.15, -0.1) is 0 Å². The predicted octanol–water partition coefficient (Wildman–Crippen LogP) is 1.20. The van der Waals surface area contributed by atoms with Gasteiger partial charge in [-0.1, -0.05) is 22.6 Å². The van der Waals surface area contributed by atoms with Gasteiger partial charge >= 0.3 is 15.2 Å². The third-order valence-electron chi connectivity index (χ3n) is 1.75. The molecule has 0 radical (unpaired) electrons. The molecule has 0 aromatic rings. The number of alkyl halides is 2. The van der Waals surface area contributed by atoms with Gasteiger partial charge in [-0.25, -0.2) is 4.39 Å². The van der Waals surface area contributed by atoms with E-state index in [-0.39, 0.29) is 6.42 Å². The van der Waals surface area contributed by atoms with Gasteiger partial charge in [0, 0.05) is 10.8 Å². The van der Waals surface area contributed by atoms with Gasteiger partial charge in [-0.2, -0.15) is 0 Å². The number of hydrogen-bond donors (Lipinski definition) is 4. The second-order valence-electron chi connectivity index (χ2n) is 3.68. The summed E-state index contributed by atoms with van der Waals surface area (Å²) in [5.74, 6) is 0. The van der Waals surface area contributed by atoms with Crippen molar-refractivity contribution in [2.24, 2.45) is 0 Å². The molecule has 17 heavy (non-hydrogen) atoms. The maximum atomic E-state index is 12.9. The lowest BCUT2D eigenvalue weighted by atomic mass is 10.1. The molecule has 0 fully saturated rings. The standard InChI is InChI=1S/C6H14FIO7P2/c1-6(9,4-8)2-3-15-17(13,14)5(7)16(10,11)12/h5,9H,2-4H2,1H3,(H,13,14)(H2,10,11,12). The van der Waals surface area contributed by atoms with Crippen molar-refractivity contribution >= 4 is 37.8 Å². The number of hydrogen-bond acceptors (Lipinski definition) is 4. The minimum absolute atomic E-state index is 0.0611. The van der Waals surface area contributed by atoms with Gasteiger partial charge in [0.2, 0.25) is 0 Å². The molecular weight excluding hydrogens is 392 g/mol. The first kappa shape index (κ1) is 17.9. The molecule has 0 aromatic heterocycles. The van der Waals surface area contributed by atoms with Gasteiger partial charge < -0.3 is 24.3 Å². The van der Waals surface area contributed by atoms with Crippen LogP contribution in [0.5, 0.6) is 0 Å². The van der Waals surface area contributed by atoms with E-state index in [1.165, 1.54) is 6.92 Å². The average Bonchev–Trinajstić information content (AvgIpc) is 2.14. The number of halogens is 2. The first-order chi connectivity index (χ1) is 7.42. The number of rotatable bonds is 7. The van der Waals surface area contributed by atoms with E-state index in [1.54, 1.807) is 0 Å². The molecule has 0 aliphatic heterocycles. The normalized spacial score (nSPS) is 21.6. The van der Waals surface area contributed by atoms with Crippen LogP contribution in [-0.4, -0.2) is 42.1 Å². The third kappa shape index (κ3) is 6.58. The van der Waals surface area contributed by atoms with E-state index in [2.05, 4.69) is 4.52 Å². The molecule has 0 aromatic carbocycles. The Morgan fingerprint density at radius 2 is 1.88 bits per heavy atom. The molecule has 11 heteroatoms. The molecule has 3 atom stereocenters. The highest BCUT2D eigenvalue weighted by Crippen LogP contribution is 2.63. The summed E-state index contributed by atoms with van der Waals surface area (Å²) >= 11 is 1.88. The molecule has 0 saturated carbocycles. The highest BCUT2D eigenvalue weighted by Gasteiger charge is 2.46. The zero-order valence-electron chi connectivity index (χ0n) is 8.86. The summed E-state index contributed by atoms with van der Waals surface area (Å²) in [6, 6.07) is 0. The topological polar surface area (TPSA) is 124 Å². The van der Waals surface area contributed by atoms with Crippen LogP contribution in [0.15, 0.2) is 0 Å². The molecule has 0 saturated heterocycles. The van der Waals surface area contributed by atoms with E-state index in [0.29, 0.717) is 4.43 Å². The van der Waals surface area contributed by atoms with Gasteiger partial charge in [0.25, 0.3) is 5.65 Å². The predicted molar refractivity (Wildman–Crippen MR) is 66.8 cm³/mol. The minimum Gasteiger partial charge on any atom is -0.389 e. The molecule has 3 unspecified atom stereocenters. The first-order valence-electron chi connectivity index (χ1n) is 4.37. The second kappa shape index (κ2) is 6.38. The molecule has 0 aliphatic rings. The van der Waals surface area contributed by atoms with Crippen LogP contribution in [0.3, 0.4) is 0 Å². The summed E-state index contributed by atoms with van der Waals surface area (Å²) in [5.41, 5.74) is -4.42. The molecule has 7 nitrogen and oxygen atoms in total. The lowest BCUT2D eigenvalue weighted by molar-refractivity contribution is 0.0601. The maximum Gasteiger partial charge on any atom is 0.374 e. The molecule has 0 bridgehead atoms. The van der Waals surface area contributed by atoms with Gasteiger partial charge in [0.15, 0.2) is 0 Å². The lowest BCUT2D eigenvalue weighted by Crippen LogP contribution is -2.27. The van der Waals surface area contributed by atoms with Gasteiger partial charge in [-0.3, -0.25) is 9.13 Å². The third-order valence-corrected chi connectivity index (χ3v) is 6.82. The molecule has 0 spiro atoms. The Morgan fingerprint density at radius 1 is 1.41 bits per heavy atom. The molecule has 4 N–H and O–H groups in total. The Hall–Kier alpha value is 0.920. The molecule has 0 rings (SSSR count). The zero-order chi connectivity index (χ0) is 13.9. The van der Waals surface area contributed by atoms with Crippen LogP contribution in [0.25, 0.3) is 0 Å². The van der Waals surface area contributed by atoms with E-state index in [1.807, 2.05) is 22.6 Å². The van der Waals surface area contributed by atoms with Crippen molar-refractivity contribution in [2.45, 2.75) is 24.6 Å². The van der Waals surface area contributed by atoms with Crippen LogP contribution in [0.1, 0.15) is 13.3 Å². The van der Waals surface area contributed by atoms with Crippen molar-refractivity contribution in [3.63, 3.8) is 0 Å². The highest BCUT2D eigenvalue weighted by atomic mass is 127. The zero-order valence-corrected chi connectivity index (χ0v) is 12.8. The van der Waals surface area contributed by atoms with Crippen molar-refractivity contribution in [3.8, 4) is 0 Å². The summed E-state index contributed by atoms with van der Waals surface area (Å²) in [7, 11) is -10.4. The van der Waals surface area contributed by atoms with Gasteiger partial charge in [0.1, 0.15) is 0 Å². The van der Waals surface area contributed by atoms with Crippen molar-refractivity contribution < 1.29 is 37.8 Å². The van der Waals surface area contributed by atoms with Crippen LogP contribution < -0.4 is 0 Å². The summed E-state index contributed by atoms with van der Waals surface area (Å²) < 4.78 is 39.0. The quantitative estimate of drug-likeness (QED) is 0.285. The van der Waals surface area contributed by atoms with E-state index in [4.69, 9.17) is 14.7 Å². The smallest absolute Gasteiger partial charge is 0.374 e. The van der Waals surface area contributed by atoms with E-state index in [0.717, 1.165) is 0 Å². The highest BCUT2D eigenvalue weighted by molar-refractivity contribution is 14.1. The molecule has 0 amide bonds. The Balaban J connectivity index is 4.39. The fourth-order valence-electron chi connectivity index (χ4n) is 0.715. The van der Waals surface area contributed by atoms with Gasteiger partial charge in [0.05, 0.1) is 12.2 Å². The van der Waals surface area contributed by atoms with Crippen molar-refractivity contribution in [1.82, 2.24) is 0 Å². The van der Waals surface area contributed by atoms with E-state index in [9.17, 15) is 18.6 Å². The summed E-state index contributed by atoms with van der Waals surface area (Å²) in [5, 5.41) is 9.51. The first-order valence-corrected chi connectivity index (χ1v) is 9.22. The van der Waals surface area contributed by atoms with Crippen LogP contribution in [0.2, 0.25) is 0 Å². The molecular formula is C6H14FIO7P2. The van der Waals surface area contributed by atoms with E-state index >= 15 is 0 Å². The average molecular weight is 406 g/mol. The summed E-state index contributed by atoms with van der Waals surface area (Å²) in [4.78, 5) is 25.8. The second-order valence-corrected chi connectivity index (χ2v) is 8.32. The largest absolute Gasteiger partial charge is 0.389 e. The van der Waals surface area contributed by atoms with Crippen molar-refractivity contribution in [1.29, 1.82) is 0 Å². The van der Waals surface area contributed by atoms with Crippen LogP contribution in [-0.2, 0) is 13.7 Å². The molecule has 0 aliphatic carbocycles. The van der Waals surface area contributed by atoms with Crippen molar-refractivity contribution in [2.75, 3.05) is 11.0 Å². The van der Waals surface area contributed by atoms with Crippen LogP contribution in [0.4, 0.5) is 4.39 Å². The van der Waals surface area contributed by atoms with Crippen LogP contribution in [0, 0.1) is 0 Å². The van der Waals surface area contributed by atoms with E-state index < -0.39 is 33.1 Å². The monoisotopic (exact) mass is 406 g/mol. The summed E-state index contributed by atoms with van der Waals surface area (Å²) in [6.45, 7) is 0.964. The maximum absolute atomic E-state index is 12.9. The van der Waals surface area contributed by atoms with Crippen molar-refractivity contribution in [3.05, 3.63) is 0 Å². The molecule has 104 valence electrons. The number of aliphatic hydroxyl groups is 1. The van der Waals surface area contributed by atoms with Crippen LogP contribution >= 0.6 is 37.8 Å². The lowest BCUT2D eigenvalue weighted by Gasteiger charge is -2.22. The fourth-order valence-corrected chi connectivity index (χ4v) is 3.29. The minimum atomic E-state index is -5.33. The molecule has 0 heterocycles. The fraction of sp³-hybridized carbons (Fsp3) is 1.00. The summed E-state index contributed by atoms with van der Waals surface area (Å²) in [6.07, 6.45) is -0.0611. The Morgan fingerprint density at radius 3 is 2.24 bits per heavy atom.